The van der Waals surface area contributed by atoms with Crippen LogP contribution in [0.4, 0.5) is 0 Å². The van der Waals surface area contributed by atoms with Gasteiger partial charge < -0.3 is 15.1 Å². The lowest BCUT2D eigenvalue weighted by Gasteiger charge is -2.38. The van der Waals surface area contributed by atoms with E-state index in [1.807, 2.05) is 6.07 Å². The molecule has 1 aromatic carbocycles. The van der Waals surface area contributed by atoms with E-state index >= 15 is 0 Å². The van der Waals surface area contributed by atoms with Crippen LogP contribution >= 0.6 is 0 Å². The number of hydrogen-bond donors (Lipinski definition) is 2. The summed E-state index contributed by atoms with van der Waals surface area (Å²) in [5.74, 6) is -0.338. The van der Waals surface area contributed by atoms with Gasteiger partial charge in [-0.15, -0.1) is 0 Å². The molecule has 144 valence electrons. The second-order valence-corrected chi connectivity index (χ2v) is 7.21. The summed E-state index contributed by atoms with van der Waals surface area (Å²) in [6.07, 6.45) is 3.24. The van der Waals surface area contributed by atoms with Gasteiger partial charge in [0.2, 0.25) is 5.91 Å². The van der Waals surface area contributed by atoms with Crippen molar-refractivity contribution in [2.24, 2.45) is 0 Å². The Morgan fingerprint density at radius 3 is 2.67 bits per heavy atom. The van der Waals surface area contributed by atoms with Gasteiger partial charge in [-0.2, -0.15) is 0 Å². The van der Waals surface area contributed by atoms with Crippen LogP contribution in [0.15, 0.2) is 53.1 Å². The van der Waals surface area contributed by atoms with Crippen LogP contribution in [0.2, 0.25) is 0 Å². The molecule has 1 aliphatic rings. The lowest BCUT2D eigenvalue weighted by atomic mass is 9.97. The molecular weight excluding hydrogens is 342 g/mol. The molecule has 27 heavy (non-hydrogen) atoms. The minimum absolute atomic E-state index is 0.127. The molecular formula is C21H27N3O3. The van der Waals surface area contributed by atoms with Gasteiger partial charge in [0.15, 0.2) is 5.76 Å². The predicted octanol–water partition coefficient (Wildman–Crippen LogP) is 2.57. The van der Waals surface area contributed by atoms with E-state index in [1.165, 1.54) is 11.8 Å². The molecule has 0 bridgehead atoms. The number of carbonyl (C=O) groups excluding carboxylic acids is 2. The van der Waals surface area contributed by atoms with Crippen LogP contribution < -0.4 is 10.6 Å². The fourth-order valence-electron chi connectivity index (χ4n) is 3.47. The first-order valence-electron chi connectivity index (χ1n) is 9.45. The molecule has 0 spiro atoms. The number of piperidine rings is 1. The van der Waals surface area contributed by atoms with Crippen molar-refractivity contribution in [2.75, 3.05) is 6.54 Å². The van der Waals surface area contributed by atoms with E-state index in [-0.39, 0.29) is 23.6 Å². The first-order valence-corrected chi connectivity index (χ1v) is 9.45. The average Bonchev–Trinajstić information content (AvgIpc) is 3.19. The minimum Gasteiger partial charge on any atom is -0.459 e. The second-order valence-electron chi connectivity index (χ2n) is 7.21. The summed E-state index contributed by atoms with van der Waals surface area (Å²) in [4.78, 5) is 26.9. The Hall–Kier alpha value is -2.60. The molecule has 1 aliphatic heterocycles. The van der Waals surface area contributed by atoms with Crippen LogP contribution in [0, 0.1) is 0 Å². The van der Waals surface area contributed by atoms with Crippen LogP contribution in [-0.4, -0.2) is 41.4 Å². The van der Waals surface area contributed by atoms with Crippen LogP contribution in [0.5, 0.6) is 0 Å². The normalized spacial score (nSPS) is 21.4. The maximum Gasteiger partial charge on any atom is 0.287 e. The predicted molar refractivity (Wildman–Crippen MR) is 103 cm³/mol. The minimum atomic E-state index is -0.611. The lowest BCUT2D eigenvalue weighted by molar-refractivity contribution is -0.123. The highest BCUT2D eigenvalue weighted by molar-refractivity contribution is 5.95. The SMILES string of the molecule is C[C@H](NC(=O)c1ccco1)C(=O)N[C@@H]1CCN(Cc2ccccc2)[C@@H](C)C1. The lowest BCUT2D eigenvalue weighted by Crippen LogP contribution is -2.52. The van der Waals surface area contributed by atoms with Gasteiger partial charge in [0.05, 0.1) is 6.26 Å². The van der Waals surface area contributed by atoms with Gasteiger partial charge in [0.25, 0.3) is 5.91 Å². The number of hydrogen-bond acceptors (Lipinski definition) is 4. The van der Waals surface area contributed by atoms with E-state index in [1.54, 1.807) is 19.1 Å². The van der Waals surface area contributed by atoms with Crippen molar-refractivity contribution < 1.29 is 14.0 Å². The monoisotopic (exact) mass is 369 g/mol. The zero-order valence-corrected chi connectivity index (χ0v) is 15.9. The van der Waals surface area contributed by atoms with Gasteiger partial charge in [-0.25, -0.2) is 0 Å². The maximum atomic E-state index is 12.4. The number of amides is 2. The fraction of sp³-hybridized carbons (Fsp3) is 0.429. The number of carbonyl (C=O) groups is 2. The highest BCUT2D eigenvalue weighted by Gasteiger charge is 2.28. The van der Waals surface area contributed by atoms with Crippen molar-refractivity contribution in [1.82, 2.24) is 15.5 Å². The van der Waals surface area contributed by atoms with Gasteiger partial charge >= 0.3 is 0 Å². The highest BCUT2D eigenvalue weighted by atomic mass is 16.3. The summed E-state index contributed by atoms with van der Waals surface area (Å²) in [6, 6.07) is 13.6. The van der Waals surface area contributed by atoms with Gasteiger partial charge in [-0.1, -0.05) is 30.3 Å². The van der Waals surface area contributed by atoms with Crippen molar-refractivity contribution >= 4 is 11.8 Å². The second kappa shape index (κ2) is 8.86. The van der Waals surface area contributed by atoms with Gasteiger partial charge in [0.1, 0.15) is 6.04 Å². The summed E-state index contributed by atoms with van der Waals surface area (Å²) < 4.78 is 5.05. The number of nitrogens with zero attached hydrogens (tertiary/aromatic N) is 1. The number of likely N-dealkylation sites (tertiary alicyclic amines) is 1. The molecule has 6 nitrogen and oxygen atoms in total. The average molecular weight is 369 g/mol. The molecule has 1 saturated heterocycles. The molecule has 2 amide bonds. The Balaban J connectivity index is 1.46. The Morgan fingerprint density at radius 2 is 2.00 bits per heavy atom. The molecule has 1 aromatic heterocycles. The van der Waals surface area contributed by atoms with Crippen molar-refractivity contribution in [3.05, 3.63) is 60.1 Å². The Morgan fingerprint density at radius 1 is 1.22 bits per heavy atom. The summed E-state index contributed by atoms with van der Waals surface area (Å²) in [5.41, 5.74) is 1.31. The van der Waals surface area contributed by atoms with Crippen LogP contribution in [0.1, 0.15) is 42.8 Å². The molecule has 2 aromatic rings. The van der Waals surface area contributed by atoms with E-state index in [2.05, 4.69) is 46.7 Å². The molecule has 1 fully saturated rings. The number of benzene rings is 1. The largest absolute Gasteiger partial charge is 0.459 e. The van der Waals surface area contributed by atoms with E-state index in [0.29, 0.717) is 6.04 Å². The van der Waals surface area contributed by atoms with Crippen molar-refractivity contribution in [3.63, 3.8) is 0 Å². The van der Waals surface area contributed by atoms with E-state index in [9.17, 15) is 9.59 Å². The smallest absolute Gasteiger partial charge is 0.287 e. The summed E-state index contributed by atoms with van der Waals surface area (Å²) in [5, 5.41) is 5.74. The van der Waals surface area contributed by atoms with Gasteiger partial charge in [-0.05, 0) is 44.4 Å². The third kappa shape index (κ3) is 5.20. The van der Waals surface area contributed by atoms with Crippen molar-refractivity contribution in [1.29, 1.82) is 0 Å². The van der Waals surface area contributed by atoms with Crippen molar-refractivity contribution in [2.45, 2.75) is 51.4 Å². The maximum absolute atomic E-state index is 12.4. The number of nitrogens with one attached hydrogen (secondary N) is 2. The molecule has 6 heteroatoms. The molecule has 0 unspecified atom stereocenters. The number of furan rings is 1. The molecule has 3 rings (SSSR count). The first-order chi connectivity index (χ1) is 13.0. The quantitative estimate of drug-likeness (QED) is 0.821. The van der Waals surface area contributed by atoms with Crippen LogP contribution in [0.3, 0.4) is 0 Å². The van der Waals surface area contributed by atoms with Crippen molar-refractivity contribution in [3.8, 4) is 0 Å². The van der Waals surface area contributed by atoms with E-state index < -0.39 is 6.04 Å². The van der Waals surface area contributed by atoms with Crippen LogP contribution in [-0.2, 0) is 11.3 Å². The van der Waals surface area contributed by atoms with E-state index in [0.717, 1.165) is 25.9 Å². The Labute approximate surface area is 159 Å². The molecule has 2 N–H and O–H groups in total. The summed E-state index contributed by atoms with van der Waals surface area (Å²) >= 11 is 0. The molecule has 0 saturated carbocycles. The third-order valence-electron chi connectivity index (χ3n) is 5.07. The summed E-state index contributed by atoms with van der Waals surface area (Å²) in [7, 11) is 0. The topological polar surface area (TPSA) is 74.6 Å². The zero-order valence-electron chi connectivity index (χ0n) is 15.9. The van der Waals surface area contributed by atoms with Gasteiger partial charge in [-0.3, -0.25) is 14.5 Å². The third-order valence-corrected chi connectivity index (χ3v) is 5.07. The standard InChI is InChI=1S/C21H27N3O3/c1-15-13-18(10-11-24(15)14-17-7-4-3-5-8-17)23-20(25)16(2)22-21(26)19-9-6-12-27-19/h3-9,12,15-16,18H,10-11,13-14H2,1-2H3,(H,22,26)(H,23,25)/t15-,16-,18+/m0/s1. The Kier molecular flexibility index (Phi) is 6.29. The summed E-state index contributed by atoms with van der Waals surface area (Å²) in [6.45, 7) is 5.75. The molecule has 0 aliphatic carbocycles. The molecule has 3 atom stereocenters. The zero-order chi connectivity index (χ0) is 19.2. The molecule has 2 heterocycles. The van der Waals surface area contributed by atoms with Gasteiger partial charge in [0, 0.05) is 25.2 Å². The first kappa shape index (κ1) is 19.2. The van der Waals surface area contributed by atoms with Crippen LogP contribution in [0.25, 0.3) is 0 Å². The van der Waals surface area contributed by atoms with E-state index in [4.69, 9.17) is 4.42 Å². The Bertz CT molecular complexity index is 745. The highest BCUT2D eigenvalue weighted by Crippen LogP contribution is 2.20. The number of rotatable bonds is 6. The molecule has 0 radical (unpaired) electrons. The fourth-order valence-corrected chi connectivity index (χ4v) is 3.47.